The first kappa shape index (κ1) is 9.91. The lowest BCUT2D eigenvalue weighted by Gasteiger charge is -2.08. The fraction of sp³-hybridized carbons (Fsp3) is 0.143. The number of rotatable bonds is 1. The van der Waals surface area contributed by atoms with Crippen molar-refractivity contribution in [3.05, 3.63) is 52.7 Å². The second kappa shape index (κ2) is 3.95. The van der Waals surface area contributed by atoms with Crippen molar-refractivity contribution < 1.29 is 4.42 Å². The molecule has 1 heterocycles. The summed E-state index contributed by atoms with van der Waals surface area (Å²) in [6.07, 6.45) is 8.80. The Labute approximate surface area is 103 Å². The highest BCUT2D eigenvalue weighted by molar-refractivity contribution is 9.10. The molecule has 1 nitrogen and oxygen atoms in total. The Bertz CT molecular complexity index is 590. The molecule has 2 aromatic rings. The van der Waals surface area contributed by atoms with E-state index < -0.39 is 0 Å². The monoisotopic (exact) mass is 274 g/mol. The Balaban J connectivity index is 2.10. The largest absolute Gasteiger partial charge is 0.449 e. The van der Waals surface area contributed by atoms with Gasteiger partial charge in [0.25, 0.3) is 0 Å². The van der Waals surface area contributed by atoms with Crippen molar-refractivity contribution >= 4 is 32.5 Å². The molecule has 0 spiro atoms. The summed E-state index contributed by atoms with van der Waals surface area (Å²) in [5.41, 5.74) is 3.63. The normalized spacial score (nSPS) is 15.4. The molecule has 16 heavy (non-hydrogen) atoms. The average molecular weight is 275 g/mol. The van der Waals surface area contributed by atoms with Gasteiger partial charge in [0.1, 0.15) is 5.58 Å². The molecule has 1 aromatic heterocycles. The highest BCUT2D eigenvalue weighted by Crippen LogP contribution is 2.29. The summed E-state index contributed by atoms with van der Waals surface area (Å²) in [4.78, 5) is 0. The highest BCUT2D eigenvalue weighted by Gasteiger charge is 2.06. The number of hydrogen-bond acceptors (Lipinski definition) is 1. The van der Waals surface area contributed by atoms with Crippen LogP contribution in [0.1, 0.15) is 18.4 Å². The van der Waals surface area contributed by atoms with Crippen LogP contribution in [-0.2, 0) is 0 Å². The standard InChI is InChI=1S/C14H11BrO/c15-14-9-12-8-11(6-7-13(12)16-14)10-4-2-1-3-5-10/h1-2,4,6-9H,3,5H2. The average Bonchev–Trinajstić information content (AvgIpc) is 2.69. The van der Waals surface area contributed by atoms with Crippen molar-refractivity contribution in [3.8, 4) is 0 Å². The molecule has 2 heteroatoms. The smallest absolute Gasteiger partial charge is 0.170 e. The van der Waals surface area contributed by atoms with E-state index in [1.165, 1.54) is 11.1 Å². The number of furan rings is 1. The first-order valence-electron chi connectivity index (χ1n) is 5.38. The molecule has 1 aromatic carbocycles. The van der Waals surface area contributed by atoms with Gasteiger partial charge >= 0.3 is 0 Å². The summed E-state index contributed by atoms with van der Waals surface area (Å²) in [7, 11) is 0. The van der Waals surface area contributed by atoms with Gasteiger partial charge in [-0.1, -0.05) is 24.3 Å². The Morgan fingerprint density at radius 3 is 2.94 bits per heavy atom. The van der Waals surface area contributed by atoms with Gasteiger partial charge in [-0.2, -0.15) is 0 Å². The first-order valence-corrected chi connectivity index (χ1v) is 6.17. The van der Waals surface area contributed by atoms with Crippen molar-refractivity contribution in [2.45, 2.75) is 12.8 Å². The Morgan fingerprint density at radius 2 is 2.12 bits per heavy atom. The number of benzene rings is 1. The summed E-state index contributed by atoms with van der Waals surface area (Å²) >= 11 is 3.35. The van der Waals surface area contributed by atoms with E-state index in [-0.39, 0.29) is 0 Å². The van der Waals surface area contributed by atoms with Crippen LogP contribution in [0.15, 0.2) is 51.6 Å². The van der Waals surface area contributed by atoms with Crippen molar-refractivity contribution in [2.24, 2.45) is 0 Å². The van der Waals surface area contributed by atoms with Gasteiger partial charge in [0.15, 0.2) is 4.67 Å². The minimum Gasteiger partial charge on any atom is -0.449 e. The Kier molecular flexibility index (Phi) is 2.44. The lowest BCUT2D eigenvalue weighted by molar-refractivity contribution is 0.587. The minimum absolute atomic E-state index is 0.789. The molecule has 0 radical (unpaired) electrons. The molecule has 0 aliphatic heterocycles. The SMILES string of the molecule is Brc1cc2cc(C3=CC=CCC3)ccc2o1. The molecule has 0 fully saturated rings. The van der Waals surface area contributed by atoms with Crippen LogP contribution >= 0.6 is 15.9 Å². The van der Waals surface area contributed by atoms with E-state index in [0.29, 0.717) is 0 Å². The van der Waals surface area contributed by atoms with Crippen molar-refractivity contribution in [2.75, 3.05) is 0 Å². The number of allylic oxidation sites excluding steroid dienone is 4. The van der Waals surface area contributed by atoms with Gasteiger partial charge in [0.2, 0.25) is 0 Å². The Hall–Kier alpha value is -1.28. The first-order chi connectivity index (χ1) is 7.83. The molecule has 80 valence electrons. The van der Waals surface area contributed by atoms with Crippen molar-refractivity contribution in [3.63, 3.8) is 0 Å². The van der Waals surface area contributed by atoms with Crippen molar-refractivity contribution in [1.29, 1.82) is 0 Å². The third-order valence-electron chi connectivity index (χ3n) is 2.87. The van der Waals surface area contributed by atoms with Crippen LogP contribution in [0.5, 0.6) is 0 Å². The zero-order valence-corrected chi connectivity index (χ0v) is 10.3. The number of fused-ring (bicyclic) bond motifs is 1. The maximum Gasteiger partial charge on any atom is 0.170 e. The molecule has 0 unspecified atom stereocenters. The highest BCUT2D eigenvalue weighted by atomic mass is 79.9. The van der Waals surface area contributed by atoms with Crippen LogP contribution in [0, 0.1) is 0 Å². The van der Waals surface area contributed by atoms with Crippen LogP contribution in [0.4, 0.5) is 0 Å². The van der Waals surface area contributed by atoms with Gasteiger partial charge in [-0.15, -0.1) is 0 Å². The molecule has 0 saturated carbocycles. The molecular weight excluding hydrogens is 264 g/mol. The predicted octanol–water partition coefficient (Wildman–Crippen LogP) is 4.93. The number of halogens is 1. The second-order valence-corrected chi connectivity index (χ2v) is 4.74. The third-order valence-corrected chi connectivity index (χ3v) is 3.26. The van der Waals surface area contributed by atoms with E-state index in [2.05, 4.69) is 46.3 Å². The van der Waals surface area contributed by atoms with Crippen LogP contribution < -0.4 is 0 Å². The fourth-order valence-electron chi connectivity index (χ4n) is 2.05. The summed E-state index contributed by atoms with van der Waals surface area (Å²) in [5.74, 6) is 0. The lowest BCUT2D eigenvalue weighted by atomic mass is 9.97. The number of hydrogen-bond donors (Lipinski definition) is 0. The molecule has 0 N–H and O–H groups in total. The molecule has 3 rings (SSSR count). The Morgan fingerprint density at radius 1 is 1.19 bits per heavy atom. The van der Waals surface area contributed by atoms with Crippen LogP contribution in [0.2, 0.25) is 0 Å². The summed E-state index contributed by atoms with van der Waals surface area (Å²) in [6, 6.07) is 8.37. The minimum atomic E-state index is 0.789. The molecule has 1 aliphatic rings. The molecular formula is C14H11BrO. The van der Waals surface area contributed by atoms with E-state index in [9.17, 15) is 0 Å². The van der Waals surface area contributed by atoms with Gasteiger partial charge < -0.3 is 4.42 Å². The molecule has 1 aliphatic carbocycles. The van der Waals surface area contributed by atoms with E-state index in [0.717, 1.165) is 28.5 Å². The predicted molar refractivity (Wildman–Crippen MR) is 70.3 cm³/mol. The molecule has 0 atom stereocenters. The van der Waals surface area contributed by atoms with E-state index >= 15 is 0 Å². The van der Waals surface area contributed by atoms with Crippen LogP contribution in [0.3, 0.4) is 0 Å². The van der Waals surface area contributed by atoms with Crippen molar-refractivity contribution in [1.82, 2.24) is 0 Å². The van der Waals surface area contributed by atoms with Gasteiger partial charge in [0, 0.05) is 5.39 Å². The summed E-state index contributed by atoms with van der Waals surface area (Å²) < 4.78 is 6.28. The van der Waals surface area contributed by atoms with Crippen LogP contribution in [-0.4, -0.2) is 0 Å². The summed E-state index contributed by atoms with van der Waals surface area (Å²) in [5, 5.41) is 1.15. The van der Waals surface area contributed by atoms with Crippen LogP contribution in [0.25, 0.3) is 16.5 Å². The zero-order valence-electron chi connectivity index (χ0n) is 8.74. The zero-order chi connectivity index (χ0) is 11.0. The van der Waals surface area contributed by atoms with E-state index in [1.807, 2.05) is 12.1 Å². The fourth-order valence-corrected chi connectivity index (χ4v) is 2.47. The lowest BCUT2D eigenvalue weighted by Crippen LogP contribution is -1.87. The maximum atomic E-state index is 5.49. The second-order valence-electron chi connectivity index (χ2n) is 3.96. The van der Waals surface area contributed by atoms with E-state index in [4.69, 9.17) is 4.42 Å². The van der Waals surface area contributed by atoms with Gasteiger partial charge in [-0.25, -0.2) is 0 Å². The third kappa shape index (κ3) is 1.74. The van der Waals surface area contributed by atoms with Gasteiger partial charge in [-0.05, 0) is 58.1 Å². The molecule has 0 saturated heterocycles. The molecule has 0 bridgehead atoms. The maximum absolute atomic E-state index is 5.49. The summed E-state index contributed by atoms with van der Waals surface area (Å²) in [6.45, 7) is 0. The van der Waals surface area contributed by atoms with Gasteiger partial charge in [0.05, 0.1) is 0 Å². The quantitative estimate of drug-likeness (QED) is 0.719. The van der Waals surface area contributed by atoms with E-state index in [1.54, 1.807) is 0 Å². The topological polar surface area (TPSA) is 13.1 Å². The molecule has 0 amide bonds. The van der Waals surface area contributed by atoms with Gasteiger partial charge in [-0.3, -0.25) is 0 Å².